The monoisotopic (exact) mass is 483 g/mol. The molecule has 0 aliphatic heterocycles. The molecule has 32 heavy (non-hydrogen) atoms. The maximum absolute atomic E-state index is 14.4. The topological polar surface area (TPSA) is 49.0 Å². The third kappa shape index (κ3) is 3.72. The molecular weight excluding hydrogens is 471 g/mol. The van der Waals surface area contributed by atoms with Crippen LogP contribution in [-0.2, 0) is 17.5 Å². The highest BCUT2D eigenvalue weighted by Crippen LogP contribution is 2.53. The van der Waals surface area contributed by atoms with Gasteiger partial charge in [0.15, 0.2) is 0 Å². The summed E-state index contributed by atoms with van der Waals surface area (Å²) in [6.07, 6.45) is -9.94. The molecule has 1 aromatic carbocycles. The molecule has 0 spiro atoms. The molecule has 0 saturated carbocycles. The molecule has 0 aliphatic carbocycles. The van der Waals surface area contributed by atoms with E-state index >= 15 is 0 Å². The molecule has 172 valence electrons. The van der Waals surface area contributed by atoms with Crippen LogP contribution in [0.1, 0.15) is 16.1 Å². The smallest absolute Gasteiger partial charge is 0.437 e. The van der Waals surface area contributed by atoms with Crippen molar-refractivity contribution in [2.45, 2.75) is 18.0 Å². The average molecular weight is 484 g/mol. The number of hydrogen-bond donors (Lipinski definition) is 0. The van der Waals surface area contributed by atoms with E-state index in [1.807, 2.05) is 0 Å². The van der Waals surface area contributed by atoms with E-state index < -0.39 is 29.7 Å². The summed E-state index contributed by atoms with van der Waals surface area (Å²) >= 11 is 5.95. The van der Waals surface area contributed by atoms with Gasteiger partial charge in [-0.15, -0.1) is 0 Å². The number of rotatable bonds is 4. The molecule has 2 heterocycles. The van der Waals surface area contributed by atoms with Gasteiger partial charge < -0.3 is 9.30 Å². The summed E-state index contributed by atoms with van der Waals surface area (Å²) in [5.74, 6) is -0.973. The second kappa shape index (κ2) is 7.84. The molecule has 0 fully saturated rings. The van der Waals surface area contributed by atoms with Crippen molar-refractivity contribution in [2.24, 2.45) is 7.05 Å². The van der Waals surface area contributed by atoms with Gasteiger partial charge in [-0.2, -0.15) is 31.4 Å². The number of methoxy groups -OCH3 is 1. The molecule has 3 aromatic rings. The van der Waals surface area contributed by atoms with Crippen LogP contribution in [0.25, 0.3) is 16.9 Å². The SMILES string of the molecule is COC(=O)c1cc(-c2cnn(-c3ccc(C(F)(C(F)(F)F)C(F)(F)F)n3C)c2)ccc1Cl. The normalized spacial score (nSPS) is 12.8. The Morgan fingerprint density at radius 1 is 1.00 bits per heavy atom. The van der Waals surface area contributed by atoms with Crippen molar-refractivity contribution in [2.75, 3.05) is 7.11 Å². The largest absolute Gasteiger partial charge is 0.465 e. The van der Waals surface area contributed by atoms with Gasteiger partial charge in [0, 0.05) is 18.8 Å². The lowest BCUT2D eigenvalue weighted by atomic mass is 10.0. The molecule has 2 aromatic heterocycles. The van der Waals surface area contributed by atoms with Crippen molar-refractivity contribution >= 4 is 17.6 Å². The number of carbonyl (C=O) groups is 1. The molecule has 3 rings (SSSR count). The lowest BCUT2D eigenvalue weighted by molar-refractivity contribution is -0.350. The van der Waals surface area contributed by atoms with Crippen molar-refractivity contribution in [3.63, 3.8) is 0 Å². The highest BCUT2D eigenvalue weighted by Gasteiger charge is 2.74. The van der Waals surface area contributed by atoms with Gasteiger partial charge in [0.25, 0.3) is 0 Å². The van der Waals surface area contributed by atoms with E-state index in [4.69, 9.17) is 11.6 Å². The molecule has 0 amide bonds. The van der Waals surface area contributed by atoms with Gasteiger partial charge in [-0.3, -0.25) is 0 Å². The molecule has 0 aliphatic rings. The van der Waals surface area contributed by atoms with Crippen LogP contribution in [0.2, 0.25) is 5.02 Å². The van der Waals surface area contributed by atoms with E-state index in [9.17, 15) is 35.5 Å². The lowest BCUT2D eigenvalue weighted by Crippen LogP contribution is -2.51. The third-order valence-electron chi connectivity index (χ3n) is 4.75. The fourth-order valence-corrected chi connectivity index (χ4v) is 3.29. The maximum atomic E-state index is 14.4. The van der Waals surface area contributed by atoms with Crippen molar-refractivity contribution < 1.29 is 40.3 Å². The fourth-order valence-electron chi connectivity index (χ4n) is 3.10. The molecule has 0 saturated heterocycles. The van der Waals surface area contributed by atoms with E-state index in [0.717, 1.165) is 24.9 Å². The van der Waals surface area contributed by atoms with Crippen molar-refractivity contribution in [3.8, 4) is 16.9 Å². The first kappa shape index (κ1) is 23.6. The van der Waals surface area contributed by atoms with Crippen LogP contribution in [0.4, 0.5) is 30.7 Å². The minimum atomic E-state index is -6.24. The average Bonchev–Trinajstić information content (AvgIpc) is 3.32. The Morgan fingerprint density at radius 2 is 1.62 bits per heavy atom. The first-order valence-corrected chi connectivity index (χ1v) is 9.02. The Hall–Kier alpha value is -3.02. The van der Waals surface area contributed by atoms with E-state index in [0.29, 0.717) is 21.8 Å². The Labute approximate surface area is 180 Å². The summed E-state index contributed by atoms with van der Waals surface area (Å²) < 4.78 is 99.0. The van der Waals surface area contributed by atoms with Gasteiger partial charge in [-0.1, -0.05) is 17.7 Å². The predicted octanol–water partition coefficient (Wildman–Crippen LogP) is 5.61. The van der Waals surface area contributed by atoms with Crippen LogP contribution in [0.15, 0.2) is 42.7 Å². The van der Waals surface area contributed by atoms with Crippen molar-refractivity contribution in [1.29, 1.82) is 0 Å². The van der Waals surface area contributed by atoms with Crippen LogP contribution < -0.4 is 0 Å². The van der Waals surface area contributed by atoms with Gasteiger partial charge in [0.05, 0.1) is 29.6 Å². The zero-order valence-electron chi connectivity index (χ0n) is 16.2. The number of nitrogens with zero attached hydrogens (tertiary/aromatic N) is 3. The van der Waals surface area contributed by atoms with Crippen LogP contribution in [0.5, 0.6) is 0 Å². The van der Waals surface area contributed by atoms with Crippen LogP contribution in [0.3, 0.4) is 0 Å². The summed E-state index contributed by atoms with van der Waals surface area (Å²) in [7, 11) is 2.01. The van der Waals surface area contributed by atoms with Gasteiger partial charge in [0.1, 0.15) is 5.82 Å². The second-order valence-electron chi connectivity index (χ2n) is 6.65. The number of aromatic nitrogens is 3. The number of hydrogen-bond acceptors (Lipinski definition) is 3. The number of ether oxygens (including phenoxy) is 1. The number of esters is 1. The molecule has 0 atom stereocenters. The highest BCUT2D eigenvalue weighted by molar-refractivity contribution is 6.33. The number of carbonyl (C=O) groups excluding carboxylic acids is 1. The molecule has 0 N–H and O–H groups in total. The van der Waals surface area contributed by atoms with Gasteiger partial charge in [-0.25, -0.2) is 13.9 Å². The molecule has 0 radical (unpaired) electrons. The Balaban J connectivity index is 2.05. The standard InChI is InChI=1S/C19H13ClF7N3O2/c1-29-14(17(21,18(22,23)24)19(25,26)27)5-6-15(29)30-9-11(8-28-30)10-3-4-13(20)12(7-10)16(31)32-2/h3-9H,1-2H3. The number of halogens is 8. The van der Waals surface area contributed by atoms with Crippen LogP contribution >= 0.6 is 11.6 Å². The summed E-state index contributed by atoms with van der Waals surface area (Å²) in [6.45, 7) is 0. The van der Waals surface area contributed by atoms with Crippen LogP contribution in [0, 0.1) is 0 Å². The third-order valence-corrected chi connectivity index (χ3v) is 5.08. The lowest BCUT2D eigenvalue weighted by Gasteiger charge is -2.30. The predicted molar refractivity (Wildman–Crippen MR) is 99.2 cm³/mol. The molecule has 13 heteroatoms. The zero-order chi connectivity index (χ0) is 24.1. The first-order chi connectivity index (χ1) is 14.7. The summed E-state index contributed by atoms with van der Waals surface area (Å²) in [5.41, 5.74) is -6.41. The van der Waals surface area contributed by atoms with Crippen molar-refractivity contribution in [3.05, 3.63) is 59.0 Å². The van der Waals surface area contributed by atoms with E-state index in [1.54, 1.807) is 0 Å². The second-order valence-corrected chi connectivity index (χ2v) is 7.06. The zero-order valence-corrected chi connectivity index (χ0v) is 17.0. The summed E-state index contributed by atoms with van der Waals surface area (Å²) in [4.78, 5) is 11.8. The Kier molecular flexibility index (Phi) is 5.79. The Morgan fingerprint density at radius 3 is 2.19 bits per heavy atom. The molecule has 0 unspecified atom stereocenters. The number of benzene rings is 1. The first-order valence-electron chi connectivity index (χ1n) is 8.64. The quantitative estimate of drug-likeness (QED) is 0.358. The maximum Gasteiger partial charge on any atom is 0.437 e. The molecular formula is C19H13ClF7N3O2. The van der Waals surface area contributed by atoms with Gasteiger partial charge in [0.2, 0.25) is 0 Å². The molecule has 5 nitrogen and oxygen atoms in total. The van der Waals surface area contributed by atoms with Gasteiger partial charge >= 0.3 is 24.0 Å². The number of alkyl halides is 7. The minimum Gasteiger partial charge on any atom is -0.465 e. The van der Waals surface area contributed by atoms with Gasteiger partial charge in [-0.05, 0) is 29.8 Å². The Bertz CT molecular complexity index is 1150. The fraction of sp³-hybridized carbons (Fsp3) is 0.263. The molecule has 0 bridgehead atoms. The summed E-state index contributed by atoms with van der Waals surface area (Å²) in [5, 5.41) is 4.03. The van der Waals surface area contributed by atoms with E-state index in [-0.39, 0.29) is 16.4 Å². The van der Waals surface area contributed by atoms with E-state index in [1.165, 1.54) is 30.6 Å². The van der Waals surface area contributed by atoms with E-state index in [2.05, 4.69) is 9.84 Å². The highest BCUT2D eigenvalue weighted by atomic mass is 35.5. The van der Waals surface area contributed by atoms with Crippen molar-refractivity contribution in [1.82, 2.24) is 14.3 Å². The van der Waals surface area contributed by atoms with Crippen LogP contribution in [-0.4, -0.2) is 39.8 Å². The summed E-state index contributed by atoms with van der Waals surface area (Å²) in [6, 6.07) is 5.58. The minimum absolute atomic E-state index is 0.0399.